The summed E-state index contributed by atoms with van der Waals surface area (Å²) in [6.45, 7) is 4.80. The number of nitrogens with one attached hydrogen (secondary N) is 4. The van der Waals surface area contributed by atoms with E-state index in [1.54, 1.807) is 24.5 Å². The van der Waals surface area contributed by atoms with Crippen molar-refractivity contribution in [1.82, 2.24) is 9.97 Å². The first-order chi connectivity index (χ1) is 11.5. The summed E-state index contributed by atoms with van der Waals surface area (Å²) in [5.74, 6) is -0.401. The molecule has 2 aromatic heterocycles. The van der Waals surface area contributed by atoms with Crippen LogP contribution < -0.4 is 20.9 Å². The molecule has 0 bridgehead atoms. The maximum Gasteiger partial charge on any atom is 0.290 e. The molecule has 0 radical (unpaired) electrons. The number of hydrogen-bond acceptors (Lipinski definition) is 4. The number of aromatic hydroxyl groups is 2. The van der Waals surface area contributed by atoms with Gasteiger partial charge < -0.3 is 30.0 Å². The van der Waals surface area contributed by atoms with Gasteiger partial charge in [0, 0.05) is 12.4 Å². The Hall–Kier alpha value is -2.58. The van der Waals surface area contributed by atoms with E-state index in [1.807, 2.05) is 0 Å². The molecule has 1 fully saturated rings. The van der Waals surface area contributed by atoms with Crippen LogP contribution in [0.5, 0.6) is 11.5 Å². The molecule has 0 atom stereocenters. The SMILES string of the molecule is O=c1[nH]ccc(C[NH+]2CC[NH+](Cc3cc[nH]c(=O)c3O)CC2)c1O. The molecule has 0 aliphatic carbocycles. The molecular formula is C16H22N4O4+2. The maximum absolute atomic E-state index is 11.4. The van der Waals surface area contributed by atoms with E-state index < -0.39 is 11.1 Å². The van der Waals surface area contributed by atoms with Crippen molar-refractivity contribution < 1.29 is 20.0 Å². The molecule has 128 valence electrons. The molecule has 1 aliphatic rings. The first-order valence-electron chi connectivity index (χ1n) is 8.01. The standard InChI is InChI=1S/C16H20N4O4/c21-13-11(1-3-17-15(13)23)9-19-5-7-20(8-6-19)10-12-2-4-18-16(24)14(12)22/h1-4,21-22H,5-10H2,(H,17,23)(H,18,24)/p+2. The average Bonchev–Trinajstić information content (AvgIpc) is 2.58. The zero-order valence-electron chi connectivity index (χ0n) is 13.3. The van der Waals surface area contributed by atoms with Crippen molar-refractivity contribution in [3.63, 3.8) is 0 Å². The van der Waals surface area contributed by atoms with Crippen LogP contribution in [0, 0.1) is 0 Å². The van der Waals surface area contributed by atoms with E-state index in [0.717, 1.165) is 26.2 Å². The van der Waals surface area contributed by atoms with E-state index in [0.29, 0.717) is 24.2 Å². The van der Waals surface area contributed by atoms with Gasteiger partial charge in [-0.1, -0.05) is 0 Å². The van der Waals surface area contributed by atoms with Gasteiger partial charge in [-0.2, -0.15) is 0 Å². The number of hydrogen-bond donors (Lipinski definition) is 6. The summed E-state index contributed by atoms with van der Waals surface area (Å²) in [6.07, 6.45) is 3.10. The Morgan fingerprint density at radius 2 is 1.17 bits per heavy atom. The lowest BCUT2D eigenvalue weighted by molar-refractivity contribution is -1.02. The second kappa shape index (κ2) is 6.90. The molecule has 8 nitrogen and oxygen atoms in total. The van der Waals surface area contributed by atoms with Crippen LogP contribution in [-0.2, 0) is 13.1 Å². The Balaban J connectivity index is 1.58. The van der Waals surface area contributed by atoms with Crippen molar-refractivity contribution in [2.45, 2.75) is 13.1 Å². The molecule has 0 saturated carbocycles. The summed E-state index contributed by atoms with van der Waals surface area (Å²) >= 11 is 0. The van der Waals surface area contributed by atoms with E-state index in [2.05, 4.69) is 9.97 Å². The van der Waals surface area contributed by atoms with E-state index >= 15 is 0 Å². The van der Waals surface area contributed by atoms with Gasteiger partial charge in [0.1, 0.15) is 39.3 Å². The van der Waals surface area contributed by atoms with Crippen molar-refractivity contribution in [3.8, 4) is 11.5 Å². The van der Waals surface area contributed by atoms with Crippen molar-refractivity contribution in [1.29, 1.82) is 0 Å². The van der Waals surface area contributed by atoms with E-state index in [9.17, 15) is 19.8 Å². The van der Waals surface area contributed by atoms with Crippen LogP contribution in [0.4, 0.5) is 0 Å². The monoisotopic (exact) mass is 334 g/mol. The Morgan fingerprint density at radius 3 is 1.54 bits per heavy atom. The molecule has 8 heteroatoms. The third-order valence-corrected chi connectivity index (χ3v) is 4.58. The Bertz CT molecular complexity index is 752. The number of H-pyrrole nitrogens is 2. The van der Waals surface area contributed by atoms with Gasteiger partial charge in [-0.25, -0.2) is 0 Å². The predicted octanol–water partition coefficient (Wildman–Crippen LogP) is -3.04. The highest BCUT2D eigenvalue weighted by Crippen LogP contribution is 2.08. The third kappa shape index (κ3) is 3.50. The summed E-state index contributed by atoms with van der Waals surface area (Å²) in [4.78, 5) is 30.4. The molecule has 0 aromatic carbocycles. The topological polar surface area (TPSA) is 115 Å². The second-order valence-corrected chi connectivity index (χ2v) is 6.21. The zero-order valence-corrected chi connectivity index (χ0v) is 13.3. The zero-order chi connectivity index (χ0) is 17.1. The van der Waals surface area contributed by atoms with Gasteiger partial charge >= 0.3 is 0 Å². The van der Waals surface area contributed by atoms with Crippen molar-refractivity contribution in [2.75, 3.05) is 26.2 Å². The highest BCUT2D eigenvalue weighted by molar-refractivity contribution is 5.27. The molecule has 3 heterocycles. The van der Waals surface area contributed by atoms with Crippen LogP contribution >= 0.6 is 0 Å². The summed E-state index contributed by atoms with van der Waals surface area (Å²) in [6, 6.07) is 3.47. The minimum Gasteiger partial charge on any atom is -0.503 e. The summed E-state index contributed by atoms with van der Waals surface area (Å²) < 4.78 is 0. The first kappa shape index (κ1) is 16.3. The van der Waals surface area contributed by atoms with Gasteiger partial charge in [-0.05, 0) is 12.1 Å². The smallest absolute Gasteiger partial charge is 0.290 e. The number of aromatic nitrogens is 2. The fraction of sp³-hybridized carbons (Fsp3) is 0.375. The van der Waals surface area contributed by atoms with Gasteiger partial charge in [-0.15, -0.1) is 0 Å². The number of piperazine rings is 1. The normalized spacial score (nSPS) is 20.8. The van der Waals surface area contributed by atoms with Crippen LogP contribution in [0.25, 0.3) is 0 Å². The van der Waals surface area contributed by atoms with Crippen LogP contribution in [-0.4, -0.2) is 46.4 Å². The van der Waals surface area contributed by atoms with Gasteiger partial charge in [0.05, 0.1) is 11.1 Å². The minimum absolute atomic E-state index is 0.201. The lowest BCUT2D eigenvalue weighted by Gasteiger charge is -2.29. The Kier molecular flexibility index (Phi) is 4.68. The fourth-order valence-electron chi connectivity index (χ4n) is 3.16. The predicted molar refractivity (Wildman–Crippen MR) is 86.3 cm³/mol. The summed E-state index contributed by atoms with van der Waals surface area (Å²) in [5, 5.41) is 19.6. The van der Waals surface area contributed by atoms with Gasteiger partial charge in [0.15, 0.2) is 11.5 Å². The van der Waals surface area contributed by atoms with E-state index in [4.69, 9.17) is 0 Å². The van der Waals surface area contributed by atoms with Gasteiger partial charge in [-0.3, -0.25) is 9.59 Å². The lowest BCUT2D eigenvalue weighted by atomic mass is 10.2. The van der Waals surface area contributed by atoms with Crippen LogP contribution in [0.3, 0.4) is 0 Å². The quantitative estimate of drug-likeness (QED) is 0.357. The highest BCUT2D eigenvalue weighted by Gasteiger charge is 2.25. The molecular weight excluding hydrogens is 312 g/mol. The molecule has 1 aliphatic heterocycles. The molecule has 0 unspecified atom stereocenters. The fourth-order valence-corrected chi connectivity index (χ4v) is 3.16. The third-order valence-electron chi connectivity index (χ3n) is 4.58. The van der Waals surface area contributed by atoms with Crippen molar-refractivity contribution >= 4 is 0 Å². The van der Waals surface area contributed by atoms with Crippen molar-refractivity contribution in [2.24, 2.45) is 0 Å². The Morgan fingerprint density at radius 1 is 0.792 bits per heavy atom. The number of rotatable bonds is 4. The highest BCUT2D eigenvalue weighted by atomic mass is 16.3. The van der Waals surface area contributed by atoms with Gasteiger partial charge in [0.25, 0.3) is 11.1 Å². The summed E-state index contributed by atoms with van der Waals surface area (Å²) in [7, 11) is 0. The van der Waals surface area contributed by atoms with Gasteiger partial charge in [0.2, 0.25) is 0 Å². The number of pyridine rings is 2. The number of quaternary nitrogens is 2. The maximum atomic E-state index is 11.4. The van der Waals surface area contributed by atoms with Crippen LogP contribution in [0.2, 0.25) is 0 Å². The van der Waals surface area contributed by atoms with E-state index in [-0.39, 0.29) is 11.5 Å². The molecule has 3 rings (SSSR count). The first-order valence-corrected chi connectivity index (χ1v) is 8.01. The van der Waals surface area contributed by atoms with Crippen LogP contribution in [0.1, 0.15) is 11.1 Å². The number of aromatic amines is 2. The molecule has 2 aromatic rings. The molecule has 0 amide bonds. The molecule has 24 heavy (non-hydrogen) atoms. The molecule has 0 spiro atoms. The lowest BCUT2D eigenvalue weighted by Crippen LogP contribution is -3.27. The minimum atomic E-state index is -0.457. The molecule has 1 saturated heterocycles. The van der Waals surface area contributed by atoms with Crippen LogP contribution in [0.15, 0.2) is 34.1 Å². The van der Waals surface area contributed by atoms with E-state index in [1.165, 1.54) is 9.80 Å². The largest absolute Gasteiger partial charge is 0.503 e. The van der Waals surface area contributed by atoms with Crippen molar-refractivity contribution in [3.05, 3.63) is 56.4 Å². The Labute approximate surface area is 138 Å². The summed E-state index contributed by atoms with van der Waals surface area (Å²) in [5.41, 5.74) is 0.399. The molecule has 6 N–H and O–H groups in total. The second-order valence-electron chi connectivity index (χ2n) is 6.21. The average molecular weight is 334 g/mol.